The summed E-state index contributed by atoms with van der Waals surface area (Å²) in [7, 11) is 0. The third-order valence-electron chi connectivity index (χ3n) is 2.35. The van der Waals surface area contributed by atoms with Crippen molar-refractivity contribution >= 4 is 17.2 Å². The topological polar surface area (TPSA) is 39.2 Å². The summed E-state index contributed by atoms with van der Waals surface area (Å²) in [6, 6.07) is 9.66. The maximum Gasteiger partial charge on any atom is 0.145 e. The van der Waals surface area contributed by atoms with E-state index in [1.807, 2.05) is 37.3 Å². The van der Waals surface area contributed by atoms with Crippen molar-refractivity contribution in [3.63, 3.8) is 0 Å². The van der Waals surface area contributed by atoms with Crippen molar-refractivity contribution in [1.82, 2.24) is 4.98 Å². The summed E-state index contributed by atoms with van der Waals surface area (Å²) in [4.78, 5) is 14.7. The second kappa shape index (κ2) is 4.75. The number of pyridine rings is 1. The van der Waals surface area contributed by atoms with Crippen molar-refractivity contribution in [3.8, 4) is 5.75 Å². The summed E-state index contributed by atoms with van der Waals surface area (Å²) in [5.41, 5.74) is 0.836. The summed E-state index contributed by atoms with van der Waals surface area (Å²) in [5, 5.41) is 1.04. The molecule has 0 bridgehead atoms. The van der Waals surface area contributed by atoms with Crippen LogP contribution in [0.25, 0.3) is 10.9 Å². The van der Waals surface area contributed by atoms with E-state index < -0.39 is 0 Å². The number of ether oxygens (including phenoxy) is 1. The van der Waals surface area contributed by atoms with Gasteiger partial charge in [-0.1, -0.05) is 18.2 Å². The summed E-state index contributed by atoms with van der Waals surface area (Å²) in [5.74, 6) is 0.729. The molecule has 1 aromatic carbocycles. The minimum absolute atomic E-state index is 0.120. The van der Waals surface area contributed by atoms with E-state index in [-0.39, 0.29) is 6.10 Å². The van der Waals surface area contributed by atoms with E-state index in [9.17, 15) is 4.79 Å². The summed E-state index contributed by atoms with van der Waals surface area (Å²) < 4.78 is 5.67. The highest BCUT2D eigenvalue weighted by atomic mass is 16.5. The number of hydrogen-bond donors (Lipinski definition) is 0. The van der Waals surface area contributed by atoms with Crippen molar-refractivity contribution in [2.45, 2.75) is 19.4 Å². The summed E-state index contributed by atoms with van der Waals surface area (Å²) in [6.07, 6.45) is 2.87. The number of carbonyl (C=O) groups excluding carboxylic acids is 1. The van der Waals surface area contributed by atoms with Gasteiger partial charge in [-0.05, 0) is 19.1 Å². The molecule has 0 aliphatic carbocycles. The van der Waals surface area contributed by atoms with E-state index in [0.29, 0.717) is 6.42 Å². The maximum absolute atomic E-state index is 10.4. The Labute approximate surface area is 94.1 Å². The molecular formula is C13H13NO2. The van der Waals surface area contributed by atoms with Gasteiger partial charge in [-0.25, -0.2) is 0 Å². The number of aldehydes is 1. The number of fused-ring (bicyclic) bond motifs is 1. The molecule has 0 saturated carbocycles. The van der Waals surface area contributed by atoms with Crippen molar-refractivity contribution in [2.24, 2.45) is 0 Å². The highest BCUT2D eigenvalue weighted by molar-refractivity contribution is 5.84. The number of carbonyl (C=O) groups is 1. The monoisotopic (exact) mass is 215 g/mol. The first-order valence-corrected chi connectivity index (χ1v) is 5.25. The van der Waals surface area contributed by atoms with E-state index in [4.69, 9.17) is 4.74 Å². The normalized spacial score (nSPS) is 12.3. The SMILES string of the molecule is CC(CC=O)Oc1cccc2cccnc12. The molecule has 1 aromatic heterocycles. The van der Waals surface area contributed by atoms with Crippen LogP contribution in [-0.2, 0) is 4.79 Å². The number of para-hydroxylation sites is 1. The van der Waals surface area contributed by atoms with E-state index in [1.54, 1.807) is 6.20 Å². The number of hydrogen-bond acceptors (Lipinski definition) is 3. The van der Waals surface area contributed by atoms with Crippen LogP contribution in [0.3, 0.4) is 0 Å². The molecule has 1 heterocycles. The van der Waals surface area contributed by atoms with Gasteiger partial charge in [0.1, 0.15) is 23.7 Å². The van der Waals surface area contributed by atoms with E-state index >= 15 is 0 Å². The molecule has 0 aliphatic rings. The molecule has 0 aliphatic heterocycles. The van der Waals surface area contributed by atoms with Gasteiger partial charge in [-0.15, -0.1) is 0 Å². The lowest BCUT2D eigenvalue weighted by Crippen LogP contribution is -2.12. The molecule has 16 heavy (non-hydrogen) atoms. The summed E-state index contributed by atoms with van der Waals surface area (Å²) >= 11 is 0. The molecule has 3 nitrogen and oxygen atoms in total. The number of nitrogens with zero attached hydrogens (tertiary/aromatic N) is 1. The van der Waals surface area contributed by atoms with Crippen LogP contribution in [0.1, 0.15) is 13.3 Å². The van der Waals surface area contributed by atoms with Crippen molar-refractivity contribution in [2.75, 3.05) is 0 Å². The lowest BCUT2D eigenvalue weighted by atomic mass is 10.2. The molecule has 0 radical (unpaired) electrons. The minimum Gasteiger partial charge on any atom is -0.488 e. The zero-order chi connectivity index (χ0) is 11.4. The molecule has 3 heteroatoms. The quantitative estimate of drug-likeness (QED) is 0.736. The van der Waals surface area contributed by atoms with E-state index in [0.717, 1.165) is 22.9 Å². The van der Waals surface area contributed by atoms with Crippen LogP contribution in [0.2, 0.25) is 0 Å². The predicted octanol–water partition coefficient (Wildman–Crippen LogP) is 2.59. The Morgan fingerprint density at radius 2 is 2.19 bits per heavy atom. The number of aromatic nitrogens is 1. The second-order valence-electron chi connectivity index (χ2n) is 3.66. The largest absolute Gasteiger partial charge is 0.488 e. The smallest absolute Gasteiger partial charge is 0.145 e. The van der Waals surface area contributed by atoms with Crippen molar-refractivity contribution in [3.05, 3.63) is 36.5 Å². The lowest BCUT2D eigenvalue weighted by Gasteiger charge is -2.13. The molecule has 0 N–H and O–H groups in total. The lowest BCUT2D eigenvalue weighted by molar-refractivity contribution is -0.109. The first-order valence-electron chi connectivity index (χ1n) is 5.25. The second-order valence-corrected chi connectivity index (χ2v) is 3.66. The molecule has 0 fully saturated rings. The van der Waals surface area contributed by atoms with Crippen LogP contribution >= 0.6 is 0 Å². The zero-order valence-corrected chi connectivity index (χ0v) is 9.09. The van der Waals surface area contributed by atoms with Gasteiger partial charge < -0.3 is 9.53 Å². The standard InChI is InChI=1S/C13H13NO2/c1-10(7-9-15)16-12-6-2-4-11-5-3-8-14-13(11)12/h2-6,8-10H,7H2,1H3. The van der Waals surface area contributed by atoms with E-state index in [2.05, 4.69) is 4.98 Å². The fourth-order valence-electron chi connectivity index (χ4n) is 1.57. The average Bonchev–Trinajstić information content (AvgIpc) is 2.30. The van der Waals surface area contributed by atoms with Gasteiger partial charge in [0, 0.05) is 18.0 Å². The van der Waals surface area contributed by atoms with Gasteiger partial charge in [-0.3, -0.25) is 4.98 Å². The molecule has 82 valence electrons. The van der Waals surface area contributed by atoms with Crippen LogP contribution in [0.15, 0.2) is 36.5 Å². The van der Waals surface area contributed by atoms with Crippen LogP contribution in [0.5, 0.6) is 5.75 Å². The molecule has 0 amide bonds. The molecule has 0 spiro atoms. The molecule has 1 atom stereocenters. The maximum atomic E-state index is 10.4. The number of rotatable bonds is 4. The first-order chi connectivity index (χ1) is 7.81. The van der Waals surface area contributed by atoms with Gasteiger partial charge in [0.25, 0.3) is 0 Å². The van der Waals surface area contributed by atoms with Crippen LogP contribution < -0.4 is 4.74 Å². The van der Waals surface area contributed by atoms with Crippen molar-refractivity contribution in [1.29, 1.82) is 0 Å². The van der Waals surface area contributed by atoms with Crippen LogP contribution in [-0.4, -0.2) is 17.4 Å². The Morgan fingerprint density at radius 1 is 1.38 bits per heavy atom. The highest BCUT2D eigenvalue weighted by Crippen LogP contribution is 2.24. The molecule has 1 unspecified atom stereocenters. The zero-order valence-electron chi connectivity index (χ0n) is 9.09. The Kier molecular flexibility index (Phi) is 3.15. The Balaban J connectivity index is 2.33. The Bertz CT molecular complexity index is 491. The van der Waals surface area contributed by atoms with Gasteiger partial charge in [0.05, 0.1) is 0 Å². The van der Waals surface area contributed by atoms with Crippen LogP contribution in [0, 0.1) is 0 Å². The summed E-state index contributed by atoms with van der Waals surface area (Å²) in [6.45, 7) is 1.87. The van der Waals surface area contributed by atoms with Crippen molar-refractivity contribution < 1.29 is 9.53 Å². The van der Waals surface area contributed by atoms with E-state index in [1.165, 1.54) is 0 Å². The van der Waals surface area contributed by atoms with Gasteiger partial charge in [0.2, 0.25) is 0 Å². The molecule has 0 saturated heterocycles. The molecule has 2 rings (SSSR count). The van der Waals surface area contributed by atoms with Crippen LogP contribution in [0.4, 0.5) is 0 Å². The Morgan fingerprint density at radius 3 is 3.00 bits per heavy atom. The molecule has 2 aromatic rings. The fourth-order valence-corrected chi connectivity index (χ4v) is 1.57. The number of benzene rings is 1. The first kappa shape index (κ1) is 10.6. The Hall–Kier alpha value is -1.90. The third kappa shape index (κ3) is 2.19. The van der Waals surface area contributed by atoms with Gasteiger partial charge in [0.15, 0.2) is 0 Å². The predicted molar refractivity (Wildman–Crippen MR) is 62.5 cm³/mol. The minimum atomic E-state index is -0.120. The van der Waals surface area contributed by atoms with Gasteiger partial charge >= 0.3 is 0 Å². The molecular weight excluding hydrogens is 202 g/mol. The highest BCUT2D eigenvalue weighted by Gasteiger charge is 2.07. The third-order valence-corrected chi connectivity index (χ3v) is 2.35. The van der Waals surface area contributed by atoms with Gasteiger partial charge in [-0.2, -0.15) is 0 Å². The average molecular weight is 215 g/mol. The fraction of sp³-hybridized carbons (Fsp3) is 0.231.